The summed E-state index contributed by atoms with van der Waals surface area (Å²) in [6, 6.07) is 6.72. The van der Waals surface area contributed by atoms with Gasteiger partial charge in [0.2, 0.25) is 11.8 Å². The fourth-order valence-corrected chi connectivity index (χ4v) is 2.91. The Balaban J connectivity index is 2.05. The highest BCUT2D eigenvalue weighted by Gasteiger charge is 2.34. The third-order valence-corrected chi connectivity index (χ3v) is 4.32. The molecule has 0 bridgehead atoms. The Morgan fingerprint density at radius 3 is 2.54 bits per heavy atom. The van der Waals surface area contributed by atoms with Gasteiger partial charge in [-0.25, -0.2) is 9.80 Å². The number of aromatic nitrogens is 2. The highest BCUT2D eigenvalue weighted by molar-refractivity contribution is 6.04. The Hall–Kier alpha value is -3.36. The van der Waals surface area contributed by atoms with Gasteiger partial charge in [0.25, 0.3) is 5.56 Å². The van der Waals surface area contributed by atoms with Gasteiger partial charge >= 0.3 is 5.69 Å². The third kappa shape index (κ3) is 2.87. The number of carbonyl (C=O) groups is 1. The van der Waals surface area contributed by atoms with E-state index < -0.39 is 23.2 Å². The van der Waals surface area contributed by atoms with Crippen LogP contribution in [0.15, 0.2) is 39.0 Å². The second-order valence-corrected chi connectivity index (χ2v) is 5.92. The predicted molar refractivity (Wildman–Crippen MR) is 93.4 cm³/mol. The van der Waals surface area contributed by atoms with Crippen LogP contribution in [-0.4, -0.2) is 38.4 Å². The molecule has 0 fully saturated rings. The number of aromatic hydroxyl groups is 1. The van der Waals surface area contributed by atoms with Crippen LogP contribution < -0.4 is 16.0 Å². The number of rotatable bonds is 3. The SMILES string of the molecule is COc1ccc(C2CC(c3c(O)n(C)c(=O)[nH]c3=O)=NN2C(C)=O)cc1. The molecular weight excluding hydrogens is 340 g/mol. The van der Waals surface area contributed by atoms with Gasteiger partial charge in [-0.15, -0.1) is 0 Å². The number of nitrogens with zero attached hydrogens (tertiary/aromatic N) is 3. The first-order valence-corrected chi connectivity index (χ1v) is 7.87. The molecule has 1 atom stereocenters. The predicted octanol–water partition coefficient (Wildman–Crippen LogP) is 0.485. The number of ether oxygens (including phenoxy) is 1. The van der Waals surface area contributed by atoms with Crippen molar-refractivity contribution in [2.24, 2.45) is 12.1 Å². The lowest BCUT2D eigenvalue weighted by molar-refractivity contribution is -0.130. The Bertz CT molecular complexity index is 1000. The number of amides is 1. The molecule has 0 saturated heterocycles. The smallest absolute Gasteiger partial charge is 0.330 e. The lowest BCUT2D eigenvalue weighted by Gasteiger charge is -2.20. The Morgan fingerprint density at radius 1 is 1.31 bits per heavy atom. The zero-order valence-corrected chi connectivity index (χ0v) is 14.5. The number of benzene rings is 1. The quantitative estimate of drug-likeness (QED) is 0.828. The minimum Gasteiger partial charge on any atom is -0.497 e. The average molecular weight is 358 g/mol. The molecule has 0 spiro atoms. The maximum atomic E-state index is 12.2. The summed E-state index contributed by atoms with van der Waals surface area (Å²) in [6.07, 6.45) is 0.223. The minimum atomic E-state index is -0.747. The van der Waals surface area contributed by atoms with Gasteiger partial charge in [-0.2, -0.15) is 5.10 Å². The molecule has 9 heteroatoms. The number of hydrogen-bond donors (Lipinski definition) is 2. The molecule has 1 aliphatic rings. The second kappa shape index (κ2) is 6.51. The maximum Gasteiger partial charge on any atom is 0.330 e. The molecule has 136 valence electrons. The van der Waals surface area contributed by atoms with Crippen LogP contribution in [0, 0.1) is 0 Å². The van der Waals surface area contributed by atoms with Gasteiger partial charge < -0.3 is 9.84 Å². The minimum absolute atomic E-state index is 0.116. The number of methoxy groups -OCH3 is 1. The topological polar surface area (TPSA) is 117 Å². The van der Waals surface area contributed by atoms with E-state index in [9.17, 15) is 19.5 Å². The van der Waals surface area contributed by atoms with Crippen LogP contribution in [0.25, 0.3) is 0 Å². The first-order chi connectivity index (χ1) is 12.3. The number of nitrogens with one attached hydrogen (secondary N) is 1. The van der Waals surface area contributed by atoms with Crippen LogP contribution >= 0.6 is 0 Å². The second-order valence-electron chi connectivity index (χ2n) is 5.92. The monoisotopic (exact) mass is 358 g/mol. The highest BCUT2D eigenvalue weighted by Crippen LogP contribution is 2.34. The van der Waals surface area contributed by atoms with Crippen LogP contribution in [-0.2, 0) is 11.8 Å². The van der Waals surface area contributed by atoms with E-state index >= 15 is 0 Å². The first-order valence-electron chi connectivity index (χ1n) is 7.87. The standard InChI is InChI=1S/C17H18N4O5/c1-9(22)21-13(10-4-6-11(26-3)7-5-10)8-12(19-21)14-15(23)18-17(25)20(2)16(14)24/h4-7,13,24H,8H2,1-3H3,(H,18,23,25). The van der Waals surface area contributed by atoms with Gasteiger partial charge in [-0.05, 0) is 17.7 Å². The van der Waals surface area contributed by atoms with Crippen molar-refractivity contribution in [3.8, 4) is 11.6 Å². The molecule has 2 N–H and O–H groups in total. The summed E-state index contributed by atoms with van der Waals surface area (Å²) < 4.78 is 6.05. The van der Waals surface area contributed by atoms with Gasteiger partial charge in [0.15, 0.2) is 0 Å². The summed E-state index contributed by atoms with van der Waals surface area (Å²) in [5.74, 6) is -0.118. The fourth-order valence-electron chi connectivity index (χ4n) is 2.91. The number of aromatic amines is 1. The molecule has 1 unspecified atom stereocenters. The Labute approximate surface area is 148 Å². The van der Waals surface area contributed by atoms with Crippen LogP contribution in [0.3, 0.4) is 0 Å². The van der Waals surface area contributed by atoms with Gasteiger partial charge in [-0.3, -0.25) is 19.1 Å². The number of hydrazone groups is 1. The van der Waals surface area contributed by atoms with E-state index in [1.54, 1.807) is 19.2 Å². The van der Waals surface area contributed by atoms with E-state index in [2.05, 4.69) is 10.1 Å². The van der Waals surface area contributed by atoms with Crippen molar-refractivity contribution in [1.29, 1.82) is 0 Å². The summed E-state index contributed by atoms with van der Waals surface area (Å²) in [5, 5.41) is 15.7. The molecule has 1 aromatic carbocycles. The molecule has 1 aliphatic heterocycles. The van der Waals surface area contributed by atoms with Crippen molar-refractivity contribution in [3.05, 3.63) is 56.2 Å². The fraction of sp³-hybridized carbons (Fsp3) is 0.294. The molecular formula is C17H18N4O5. The van der Waals surface area contributed by atoms with E-state index in [0.29, 0.717) is 5.75 Å². The number of hydrogen-bond acceptors (Lipinski definition) is 6. The maximum absolute atomic E-state index is 12.2. The van der Waals surface area contributed by atoms with Crippen molar-refractivity contribution >= 4 is 11.6 Å². The molecule has 26 heavy (non-hydrogen) atoms. The van der Waals surface area contributed by atoms with Crippen LogP contribution in [0.2, 0.25) is 0 Å². The zero-order chi connectivity index (χ0) is 19.0. The molecule has 1 aromatic heterocycles. The average Bonchev–Trinajstić information content (AvgIpc) is 3.05. The summed E-state index contributed by atoms with van der Waals surface area (Å²) in [7, 11) is 2.89. The largest absolute Gasteiger partial charge is 0.497 e. The van der Waals surface area contributed by atoms with Gasteiger partial charge in [0.05, 0.1) is 18.9 Å². The van der Waals surface area contributed by atoms with Crippen LogP contribution in [0.1, 0.15) is 30.5 Å². The Morgan fingerprint density at radius 2 is 1.96 bits per heavy atom. The summed E-state index contributed by atoms with van der Waals surface area (Å²) in [5.41, 5.74) is -0.557. The van der Waals surface area contributed by atoms with E-state index in [4.69, 9.17) is 4.74 Å². The molecule has 2 aromatic rings. The molecule has 0 aliphatic carbocycles. The van der Waals surface area contributed by atoms with Crippen molar-refractivity contribution in [3.63, 3.8) is 0 Å². The van der Waals surface area contributed by atoms with Gasteiger partial charge in [-0.1, -0.05) is 12.1 Å². The lowest BCUT2D eigenvalue weighted by Crippen LogP contribution is -2.32. The summed E-state index contributed by atoms with van der Waals surface area (Å²) in [6.45, 7) is 1.37. The van der Waals surface area contributed by atoms with Crippen LogP contribution in [0.5, 0.6) is 11.6 Å². The van der Waals surface area contributed by atoms with Crippen molar-refractivity contribution in [2.75, 3.05) is 7.11 Å². The molecule has 9 nitrogen and oxygen atoms in total. The summed E-state index contributed by atoms with van der Waals surface area (Å²) >= 11 is 0. The van der Waals surface area contributed by atoms with E-state index in [-0.39, 0.29) is 23.6 Å². The molecule has 2 heterocycles. The molecule has 0 saturated carbocycles. The molecule has 0 radical (unpaired) electrons. The van der Waals surface area contributed by atoms with E-state index in [1.165, 1.54) is 19.0 Å². The van der Waals surface area contributed by atoms with E-state index in [1.807, 2.05) is 12.1 Å². The van der Waals surface area contributed by atoms with Crippen LogP contribution in [0.4, 0.5) is 0 Å². The summed E-state index contributed by atoms with van der Waals surface area (Å²) in [4.78, 5) is 37.9. The van der Waals surface area contributed by atoms with Gasteiger partial charge in [0, 0.05) is 20.4 Å². The molecule has 1 amide bonds. The first kappa shape index (κ1) is 17.5. The van der Waals surface area contributed by atoms with Crippen molar-refractivity contribution < 1.29 is 14.6 Å². The van der Waals surface area contributed by atoms with Crippen molar-refractivity contribution in [1.82, 2.24) is 14.6 Å². The highest BCUT2D eigenvalue weighted by atomic mass is 16.5. The number of H-pyrrole nitrogens is 1. The third-order valence-electron chi connectivity index (χ3n) is 4.32. The number of carbonyl (C=O) groups excluding carboxylic acids is 1. The van der Waals surface area contributed by atoms with Crippen molar-refractivity contribution in [2.45, 2.75) is 19.4 Å². The lowest BCUT2D eigenvalue weighted by atomic mass is 9.99. The zero-order valence-electron chi connectivity index (χ0n) is 14.5. The normalized spacial score (nSPS) is 16.5. The Kier molecular flexibility index (Phi) is 4.37. The van der Waals surface area contributed by atoms with E-state index in [0.717, 1.165) is 10.1 Å². The van der Waals surface area contributed by atoms with Gasteiger partial charge in [0.1, 0.15) is 11.3 Å². The molecule has 3 rings (SSSR count).